The Morgan fingerprint density at radius 1 is 1.12 bits per heavy atom. The van der Waals surface area contributed by atoms with E-state index >= 15 is 0 Å². The maximum Gasteiger partial charge on any atom is 0.119 e. The summed E-state index contributed by atoms with van der Waals surface area (Å²) in [5.41, 5.74) is 5.78. The second-order valence-electron chi connectivity index (χ2n) is 4.15. The van der Waals surface area contributed by atoms with Crippen molar-refractivity contribution in [3.05, 3.63) is 24.3 Å². The second kappa shape index (κ2) is 6.38. The number of rotatable bonds is 6. The van der Waals surface area contributed by atoms with Crippen molar-refractivity contribution >= 4 is 0 Å². The van der Waals surface area contributed by atoms with E-state index in [1.807, 2.05) is 31.2 Å². The smallest absolute Gasteiger partial charge is 0.119 e. The summed E-state index contributed by atoms with van der Waals surface area (Å²) in [5.74, 6) is 2.20. The lowest BCUT2D eigenvalue weighted by Crippen LogP contribution is -2.25. The molecule has 90 valence electrons. The monoisotopic (exact) mass is 223 g/mol. The molecular formula is C13H21NO2. The predicted octanol–water partition coefficient (Wildman–Crippen LogP) is 2.45. The van der Waals surface area contributed by atoms with Crippen molar-refractivity contribution in [1.29, 1.82) is 0 Å². The van der Waals surface area contributed by atoms with Crippen LogP contribution >= 0.6 is 0 Å². The Hall–Kier alpha value is -1.22. The van der Waals surface area contributed by atoms with Gasteiger partial charge in [-0.2, -0.15) is 0 Å². The first-order chi connectivity index (χ1) is 7.63. The summed E-state index contributed by atoms with van der Waals surface area (Å²) in [5, 5.41) is 0. The lowest BCUT2D eigenvalue weighted by molar-refractivity contribution is 0.272. The molecule has 0 bridgehead atoms. The van der Waals surface area contributed by atoms with Gasteiger partial charge in [0.25, 0.3) is 0 Å². The van der Waals surface area contributed by atoms with Crippen LogP contribution in [0.25, 0.3) is 0 Å². The Kier molecular flexibility index (Phi) is 5.12. The van der Waals surface area contributed by atoms with E-state index in [-0.39, 0.29) is 6.04 Å². The molecule has 0 aromatic heterocycles. The number of hydrogen-bond acceptors (Lipinski definition) is 3. The maximum atomic E-state index is 5.78. The van der Waals surface area contributed by atoms with Gasteiger partial charge in [0, 0.05) is 6.04 Å². The van der Waals surface area contributed by atoms with Crippen molar-refractivity contribution < 1.29 is 9.47 Å². The molecule has 3 nitrogen and oxygen atoms in total. The van der Waals surface area contributed by atoms with Crippen LogP contribution in [-0.4, -0.2) is 19.8 Å². The SMILES string of the molecule is COc1ccc(OCCC(C)C(C)N)cc1. The van der Waals surface area contributed by atoms with Crippen molar-refractivity contribution in [3.8, 4) is 11.5 Å². The lowest BCUT2D eigenvalue weighted by Gasteiger charge is -2.15. The minimum absolute atomic E-state index is 0.222. The number of methoxy groups -OCH3 is 1. The first-order valence-corrected chi connectivity index (χ1v) is 5.66. The molecule has 1 rings (SSSR count). The molecule has 0 aliphatic heterocycles. The first kappa shape index (κ1) is 12.8. The third-order valence-electron chi connectivity index (χ3n) is 2.80. The predicted molar refractivity (Wildman–Crippen MR) is 65.9 cm³/mol. The number of nitrogens with two attached hydrogens (primary N) is 1. The number of benzene rings is 1. The van der Waals surface area contributed by atoms with Gasteiger partial charge in [-0.3, -0.25) is 0 Å². The molecule has 16 heavy (non-hydrogen) atoms. The molecule has 0 spiro atoms. The van der Waals surface area contributed by atoms with Crippen molar-refractivity contribution in [2.75, 3.05) is 13.7 Å². The molecule has 0 radical (unpaired) electrons. The van der Waals surface area contributed by atoms with Gasteiger partial charge in [-0.1, -0.05) is 6.92 Å². The molecule has 0 saturated heterocycles. The Labute approximate surface area is 97.6 Å². The Bertz CT molecular complexity index is 295. The van der Waals surface area contributed by atoms with Gasteiger partial charge in [-0.15, -0.1) is 0 Å². The molecule has 2 atom stereocenters. The van der Waals surface area contributed by atoms with E-state index in [4.69, 9.17) is 15.2 Å². The molecule has 3 heteroatoms. The highest BCUT2D eigenvalue weighted by Gasteiger charge is 2.07. The molecule has 0 aliphatic rings. The van der Waals surface area contributed by atoms with Crippen LogP contribution in [0.15, 0.2) is 24.3 Å². The molecule has 0 aliphatic carbocycles. The average Bonchev–Trinajstić information content (AvgIpc) is 2.29. The minimum Gasteiger partial charge on any atom is -0.497 e. The zero-order valence-corrected chi connectivity index (χ0v) is 10.3. The zero-order valence-electron chi connectivity index (χ0n) is 10.3. The summed E-state index contributed by atoms with van der Waals surface area (Å²) in [4.78, 5) is 0. The molecule has 0 amide bonds. The molecule has 2 unspecified atom stereocenters. The summed E-state index contributed by atoms with van der Waals surface area (Å²) < 4.78 is 10.7. The van der Waals surface area contributed by atoms with Gasteiger partial charge >= 0.3 is 0 Å². The largest absolute Gasteiger partial charge is 0.497 e. The molecule has 1 aromatic carbocycles. The van der Waals surface area contributed by atoms with Crippen LogP contribution in [-0.2, 0) is 0 Å². The van der Waals surface area contributed by atoms with Crippen LogP contribution in [0.5, 0.6) is 11.5 Å². The minimum atomic E-state index is 0.222. The highest BCUT2D eigenvalue weighted by molar-refractivity contribution is 5.31. The lowest BCUT2D eigenvalue weighted by atomic mass is 10.0. The summed E-state index contributed by atoms with van der Waals surface area (Å²) in [7, 11) is 1.65. The van der Waals surface area contributed by atoms with E-state index in [0.29, 0.717) is 12.5 Å². The second-order valence-corrected chi connectivity index (χ2v) is 4.15. The summed E-state index contributed by atoms with van der Waals surface area (Å²) >= 11 is 0. The molecule has 2 N–H and O–H groups in total. The summed E-state index contributed by atoms with van der Waals surface area (Å²) in [6.07, 6.45) is 0.976. The molecule has 0 heterocycles. The van der Waals surface area contributed by atoms with Crippen LogP contribution in [0.3, 0.4) is 0 Å². The third kappa shape index (κ3) is 4.11. The van der Waals surface area contributed by atoms with Crippen LogP contribution in [0.4, 0.5) is 0 Å². The zero-order chi connectivity index (χ0) is 12.0. The van der Waals surface area contributed by atoms with Crippen LogP contribution in [0.2, 0.25) is 0 Å². The maximum absolute atomic E-state index is 5.78. The standard InChI is InChI=1S/C13H21NO2/c1-10(11(2)14)8-9-16-13-6-4-12(15-3)5-7-13/h4-7,10-11H,8-9,14H2,1-3H3. The van der Waals surface area contributed by atoms with Gasteiger partial charge in [-0.25, -0.2) is 0 Å². The quantitative estimate of drug-likeness (QED) is 0.805. The third-order valence-corrected chi connectivity index (χ3v) is 2.80. The fraction of sp³-hybridized carbons (Fsp3) is 0.538. The molecular weight excluding hydrogens is 202 g/mol. The topological polar surface area (TPSA) is 44.5 Å². The fourth-order valence-corrected chi connectivity index (χ4v) is 1.30. The van der Waals surface area contributed by atoms with Crippen LogP contribution in [0, 0.1) is 5.92 Å². The number of ether oxygens (including phenoxy) is 2. The van der Waals surface area contributed by atoms with Crippen molar-refractivity contribution in [2.24, 2.45) is 11.7 Å². The van der Waals surface area contributed by atoms with Crippen molar-refractivity contribution in [3.63, 3.8) is 0 Å². The fourth-order valence-electron chi connectivity index (χ4n) is 1.30. The normalized spacial score (nSPS) is 14.2. The van der Waals surface area contributed by atoms with Gasteiger partial charge in [0.05, 0.1) is 13.7 Å². The molecule has 0 fully saturated rings. The van der Waals surface area contributed by atoms with Crippen molar-refractivity contribution in [2.45, 2.75) is 26.3 Å². The molecule has 1 aromatic rings. The van der Waals surface area contributed by atoms with Crippen molar-refractivity contribution in [1.82, 2.24) is 0 Å². The molecule has 0 saturated carbocycles. The highest BCUT2D eigenvalue weighted by atomic mass is 16.5. The van der Waals surface area contributed by atoms with E-state index < -0.39 is 0 Å². The van der Waals surface area contributed by atoms with E-state index in [9.17, 15) is 0 Å². The van der Waals surface area contributed by atoms with Gasteiger partial charge < -0.3 is 15.2 Å². The van der Waals surface area contributed by atoms with Gasteiger partial charge in [0.1, 0.15) is 11.5 Å². The Morgan fingerprint density at radius 3 is 2.19 bits per heavy atom. The summed E-state index contributed by atoms with van der Waals surface area (Å²) in [6, 6.07) is 7.83. The van der Waals surface area contributed by atoms with Gasteiger partial charge in [-0.05, 0) is 43.5 Å². The van der Waals surface area contributed by atoms with E-state index in [0.717, 1.165) is 17.9 Å². The van der Waals surface area contributed by atoms with Gasteiger partial charge in [0.15, 0.2) is 0 Å². The van der Waals surface area contributed by atoms with E-state index in [2.05, 4.69) is 6.92 Å². The van der Waals surface area contributed by atoms with E-state index in [1.54, 1.807) is 7.11 Å². The highest BCUT2D eigenvalue weighted by Crippen LogP contribution is 2.17. The number of hydrogen-bond donors (Lipinski definition) is 1. The average molecular weight is 223 g/mol. The first-order valence-electron chi connectivity index (χ1n) is 5.66. The van der Waals surface area contributed by atoms with E-state index in [1.165, 1.54) is 0 Å². The Balaban J connectivity index is 2.31. The summed E-state index contributed by atoms with van der Waals surface area (Å²) in [6.45, 7) is 4.87. The van der Waals surface area contributed by atoms with Crippen LogP contribution < -0.4 is 15.2 Å². The Morgan fingerprint density at radius 2 is 1.69 bits per heavy atom. The van der Waals surface area contributed by atoms with Crippen LogP contribution in [0.1, 0.15) is 20.3 Å². The van der Waals surface area contributed by atoms with Gasteiger partial charge in [0.2, 0.25) is 0 Å².